The average Bonchev–Trinajstić information content (AvgIpc) is 2.27. The Hall–Kier alpha value is -1.20. The smallest absolute Gasteiger partial charge is 0.258 e. The third-order valence-electron chi connectivity index (χ3n) is 2.33. The van der Waals surface area contributed by atoms with E-state index in [1.165, 1.54) is 0 Å². The van der Waals surface area contributed by atoms with Crippen molar-refractivity contribution in [1.29, 1.82) is 0 Å². The van der Waals surface area contributed by atoms with E-state index in [1.54, 1.807) is 6.07 Å². The van der Waals surface area contributed by atoms with E-state index >= 15 is 0 Å². The summed E-state index contributed by atoms with van der Waals surface area (Å²) in [6, 6.07) is 5.51. The summed E-state index contributed by atoms with van der Waals surface area (Å²) in [5.74, 6) is 0.717. The maximum Gasteiger partial charge on any atom is 0.258 e. The second kappa shape index (κ2) is 4.76. The monoisotopic (exact) mass is 281 g/mol. The molecule has 84 valence electrons. The normalized spacial score (nSPS) is 10.9. The number of likely N-dealkylation sites (N-methyl/N-ethyl adjacent to an activating group) is 1. The van der Waals surface area contributed by atoms with E-state index in [2.05, 4.69) is 31.2 Å². The fourth-order valence-corrected chi connectivity index (χ4v) is 1.88. The molecule has 0 saturated heterocycles. The first-order chi connectivity index (χ1) is 7.70. The number of nitrogens with zero attached hydrogens (tertiary/aromatic N) is 1. The summed E-state index contributed by atoms with van der Waals surface area (Å²) in [6.45, 7) is 0.797. The third kappa shape index (κ3) is 2.31. The fourth-order valence-electron chi connectivity index (χ4n) is 1.52. The summed E-state index contributed by atoms with van der Waals surface area (Å²) < 4.78 is 0.885. The number of nitrogens with one attached hydrogen (secondary N) is 2. The minimum absolute atomic E-state index is 0.0857. The van der Waals surface area contributed by atoms with Crippen LogP contribution in [-0.4, -0.2) is 23.6 Å². The Bertz CT molecular complexity index is 565. The molecule has 4 nitrogen and oxygen atoms in total. The molecule has 16 heavy (non-hydrogen) atoms. The Balaban J connectivity index is 2.51. The van der Waals surface area contributed by atoms with Gasteiger partial charge in [-0.1, -0.05) is 15.9 Å². The number of H-pyrrole nitrogens is 1. The molecule has 0 atom stereocenters. The summed E-state index contributed by atoms with van der Waals surface area (Å²) in [7, 11) is 1.87. The number of fused-ring (bicyclic) bond motifs is 1. The Morgan fingerprint density at radius 3 is 3.06 bits per heavy atom. The summed E-state index contributed by atoms with van der Waals surface area (Å²) in [4.78, 5) is 19.0. The predicted molar refractivity (Wildman–Crippen MR) is 67.7 cm³/mol. The molecule has 1 aromatic heterocycles. The molecule has 2 rings (SSSR count). The van der Waals surface area contributed by atoms with Crippen molar-refractivity contribution < 1.29 is 0 Å². The van der Waals surface area contributed by atoms with Gasteiger partial charge < -0.3 is 10.3 Å². The molecule has 1 aromatic carbocycles. The molecule has 2 aromatic rings. The first-order valence-electron chi connectivity index (χ1n) is 5.04. The van der Waals surface area contributed by atoms with Crippen LogP contribution in [0.25, 0.3) is 10.9 Å². The number of aromatic amines is 1. The number of benzene rings is 1. The van der Waals surface area contributed by atoms with Gasteiger partial charge in [-0.2, -0.15) is 0 Å². The highest BCUT2D eigenvalue weighted by Gasteiger charge is 2.03. The van der Waals surface area contributed by atoms with Crippen molar-refractivity contribution in [2.45, 2.75) is 6.42 Å². The number of hydrogen-bond donors (Lipinski definition) is 2. The van der Waals surface area contributed by atoms with E-state index in [4.69, 9.17) is 0 Å². The highest BCUT2D eigenvalue weighted by molar-refractivity contribution is 9.10. The highest BCUT2D eigenvalue weighted by Crippen LogP contribution is 2.14. The van der Waals surface area contributed by atoms with Gasteiger partial charge in [-0.15, -0.1) is 0 Å². The second-order valence-electron chi connectivity index (χ2n) is 3.53. The lowest BCUT2D eigenvalue weighted by Gasteiger charge is -2.02. The largest absolute Gasteiger partial charge is 0.319 e. The highest BCUT2D eigenvalue weighted by atomic mass is 79.9. The molecular formula is C11H12BrN3O. The quantitative estimate of drug-likeness (QED) is 0.895. The molecule has 0 spiro atoms. The van der Waals surface area contributed by atoms with Gasteiger partial charge in [0.2, 0.25) is 0 Å². The summed E-state index contributed by atoms with van der Waals surface area (Å²) in [6.07, 6.45) is 0.720. The molecule has 0 aliphatic heterocycles. The lowest BCUT2D eigenvalue weighted by atomic mass is 10.2. The summed E-state index contributed by atoms with van der Waals surface area (Å²) >= 11 is 3.34. The van der Waals surface area contributed by atoms with E-state index in [1.807, 2.05) is 19.2 Å². The molecule has 0 fully saturated rings. The van der Waals surface area contributed by atoms with Gasteiger partial charge in [0.05, 0.1) is 10.9 Å². The van der Waals surface area contributed by atoms with Gasteiger partial charge in [-0.3, -0.25) is 4.79 Å². The molecule has 0 aliphatic rings. The Kier molecular flexibility index (Phi) is 3.36. The first kappa shape index (κ1) is 11.3. The van der Waals surface area contributed by atoms with E-state index < -0.39 is 0 Å². The van der Waals surface area contributed by atoms with E-state index in [9.17, 15) is 4.79 Å². The van der Waals surface area contributed by atoms with E-state index in [0.29, 0.717) is 11.2 Å². The first-order valence-corrected chi connectivity index (χ1v) is 5.83. The molecular weight excluding hydrogens is 270 g/mol. The molecule has 2 N–H and O–H groups in total. The standard InChI is InChI=1S/C11H12BrN3O/c1-13-5-4-10-14-9-3-2-7(12)6-8(9)11(16)15-10/h2-3,6,13H,4-5H2,1H3,(H,14,15,16). The van der Waals surface area contributed by atoms with E-state index in [-0.39, 0.29) is 5.56 Å². The van der Waals surface area contributed by atoms with Crippen LogP contribution in [0.1, 0.15) is 5.82 Å². The van der Waals surface area contributed by atoms with Crippen molar-refractivity contribution in [2.75, 3.05) is 13.6 Å². The zero-order valence-electron chi connectivity index (χ0n) is 8.88. The number of halogens is 1. The topological polar surface area (TPSA) is 57.8 Å². The van der Waals surface area contributed by atoms with Gasteiger partial charge >= 0.3 is 0 Å². The van der Waals surface area contributed by atoms with Crippen molar-refractivity contribution >= 4 is 26.8 Å². The molecule has 5 heteroatoms. The molecule has 0 radical (unpaired) electrons. The molecule has 0 aliphatic carbocycles. The molecule has 0 unspecified atom stereocenters. The van der Waals surface area contributed by atoms with Crippen LogP contribution in [0.5, 0.6) is 0 Å². The maximum atomic E-state index is 11.8. The molecule has 0 bridgehead atoms. The SMILES string of the molecule is CNCCc1nc2ccc(Br)cc2c(=O)[nH]1. The Labute approximate surface area is 101 Å². The van der Waals surface area contributed by atoms with Crippen LogP contribution < -0.4 is 10.9 Å². The van der Waals surface area contributed by atoms with Gasteiger partial charge in [0.1, 0.15) is 5.82 Å². The Morgan fingerprint density at radius 2 is 2.31 bits per heavy atom. The van der Waals surface area contributed by atoms with Crippen molar-refractivity contribution in [2.24, 2.45) is 0 Å². The number of rotatable bonds is 3. The summed E-state index contributed by atoms with van der Waals surface area (Å²) in [5.41, 5.74) is 0.649. The fraction of sp³-hybridized carbons (Fsp3) is 0.273. The van der Waals surface area contributed by atoms with E-state index in [0.717, 1.165) is 23.0 Å². The lowest BCUT2D eigenvalue weighted by Crippen LogP contribution is -2.17. The van der Waals surface area contributed by atoms with Crippen LogP contribution in [0.3, 0.4) is 0 Å². The van der Waals surface area contributed by atoms with Crippen molar-refractivity contribution in [3.8, 4) is 0 Å². The predicted octanol–water partition coefficient (Wildman–Crippen LogP) is 1.45. The van der Waals surface area contributed by atoms with Crippen LogP contribution in [-0.2, 0) is 6.42 Å². The molecule has 0 saturated carbocycles. The second-order valence-corrected chi connectivity index (χ2v) is 4.44. The van der Waals surface area contributed by atoms with Crippen LogP contribution >= 0.6 is 15.9 Å². The van der Waals surface area contributed by atoms with Crippen molar-refractivity contribution in [3.05, 3.63) is 38.9 Å². The van der Waals surface area contributed by atoms with Crippen LogP contribution in [0, 0.1) is 0 Å². The average molecular weight is 282 g/mol. The van der Waals surface area contributed by atoms with Gasteiger partial charge in [-0.05, 0) is 25.2 Å². The number of aromatic nitrogens is 2. The zero-order chi connectivity index (χ0) is 11.5. The summed E-state index contributed by atoms with van der Waals surface area (Å²) in [5, 5.41) is 3.64. The zero-order valence-corrected chi connectivity index (χ0v) is 10.5. The van der Waals surface area contributed by atoms with Gasteiger partial charge in [0.15, 0.2) is 0 Å². The van der Waals surface area contributed by atoms with Crippen LogP contribution in [0.4, 0.5) is 0 Å². The lowest BCUT2D eigenvalue weighted by molar-refractivity contribution is 0.756. The van der Waals surface area contributed by atoms with Crippen molar-refractivity contribution in [1.82, 2.24) is 15.3 Å². The van der Waals surface area contributed by atoms with Crippen molar-refractivity contribution in [3.63, 3.8) is 0 Å². The van der Waals surface area contributed by atoms with Gasteiger partial charge in [0, 0.05) is 17.4 Å². The van der Waals surface area contributed by atoms with Gasteiger partial charge in [-0.25, -0.2) is 4.98 Å². The Morgan fingerprint density at radius 1 is 1.50 bits per heavy atom. The molecule has 1 heterocycles. The molecule has 0 amide bonds. The minimum atomic E-state index is -0.0857. The van der Waals surface area contributed by atoms with Gasteiger partial charge in [0.25, 0.3) is 5.56 Å². The third-order valence-corrected chi connectivity index (χ3v) is 2.82. The maximum absolute atomic E-state index is 11.8. The van der Waals surface area contributed by atoms with Crippen LogP contribution in [0.2, 0.25) is 0 Å². The number of hydrogen-bond acceptors (Lipinski definition) is 3. The van der Waals surface area contributed by atoms with Crippen LogP contribution in [0.15, 0.2) is 27.5 Å². The minimum Gasteiger partial charge on any atom is -0.319 e.